The van der Waals surface area contributed by atoms with Gasteiger partial charge >= 0.3 is 0 Å². The fraction of sp³-hybridized carbons (Fsp3) is 0.636. The van der Waals surface area contributed by atoms with Crippen LogP contribution in [0.1, 0.15) is 9.75 Å². The molecule has 0 fully saturated rings. The first-order valence-corrected chi connectivity index (χ1v) is 7.90. The molecule has 0 unspecified atom stereocenters. The lowest BCUT2D eigenvalue weighted by Gasteiger charge is -2.06. The summed E-state index contributed by atoms with van der Waals surface area (Å²) >= 11 is 1.48. The van der Waals surface area contributed by atoms with Crippen LogP contribution in [0.4, 0.5) is 0 Å². The SMILES string of the molecule is COCCOCCNS(=O)(=O)c1cc(C)sc1C. The summed E-state index contributed by atoms with van der Waals surface area (Å²) in [7, 11) is -1.82. The minimum absolute atomic E-state index is 0.264. The minimum atomic E-state index is -3.41. The van der Waals surface area contributed by atoms with Gasteiger partial charge in [-0.2, -0.15) is 0 Å². The van der Waals surface area contributed by atoms with E-state index in [9.17, 15) is 8.42 Å². The lowest BCUT2D eigenvalue weighted by atomic mass is 10.4. The maximum atomic E-state index is 12.0. The van der Waals surface area contributed by atoms with E-state index in [4.69, 9.17) is 9.47 Å². The number of methoxy groups -OCH3 is 1. The van der Waals surface area contributed by atoms with Gasteiger partial charge in [-0.15, -0.1) is 11.3 Å². The maximum Gasteiger partial charge on any atom is 0.241 e. The zero-order valence-electron chi connectivity index (χ0n) is 10.9. The minimum Gasteiger partial charge on any atom is -0.382 e. The van der Waals surface area contributed by atoms with E-state index < -0.39 is 10.0 Å². The van der Waals surface area contributed by atoms with Gasteiger partial charge in [-0.3, -0.25) is 0 Å². The van der Waals surface area contributed by atoms with Crippen molar-refractivity contribution in [3.63, 3.8) is 0 Å². The van der Waals surface area contributed by atoms with E-state index in [0.29, 0.717) is 24.7 Å². The molecule has 18 heavy (non-hydrogen) atoms. The molecule has 1 heterocycles. The molecule has 0 saturated carbocycles. The Morgan fingerprint density at radius 1 is 1.28 bits per heavy atom. The highest BCUT2D eigenvalue weighted by molar-refractivity contribution is 7.89. The summed E-state index contributed by atoms with van der Waals surface area (Å²) in [5.74, 6) is 0. The van der Waals surface area contributed by atoms with Crippen molar-refractivity contribution in [1.82, 2.24) is 4.72 Å². The highest BCUT2D eigenvalue weighted by Crippen LogP contribution is 2.24. The van der Waals surface area contributed by atoms with Gasteiger partial charge in [0.1, 0.15) is 0 Å². The van der Waals surface area contributed by atoms with Crippen molar-refractivity contribution in [1.29, 1.82) is 0 Å². The second-order valence-corrected chi connectivity index (χ2v) is 6.98. The van der Waals surface area contributed by atoms with Crippen LogP contribution in [0, 0.1) is 13.8 Å². The predicted molar refractivity (Wildman–Crippen MR) is 71.7 cm³/mol. The molecule has 0 aliphatic rings. The molecule has 1 rings (SSSR count). The molecular formula is C11H19NO4S2. The number of thiophene rings is 1. The Morgan fingerprint density at radius 3 is 2.56 bits per heavy atom. The fourth-order valence-corrected chi connectivity index (χ4v) is 4.01. The number of ether oxygens (including phenoxy) is 2. The van der Waals surface area contributed by atoms with E-state index in [2.05, 4.69) is 4.72 Å². The van der Waals surface area contributed by atoms with E-state index in [-0.39, 0.29) is 6.54 Å². The van der Waals surface area contributed by atoms with Crippen molar-refractivity contribution >= 4 is 21.4 Å². The molecule has 0 aliphatic carbocycles. The van der Waals surface area contributed by atoms with Gasteiger partial charge in [0.2, 0.25) is 10.0 Å². The number of hydrogen-bond donors (Lipinski definition) is 1. The molecule has 1 N–H and O–H groups in total. The number of aryl methyl sites for hydroxylation is 2. The third kappa shape index (κ3) is 4.66. The summed E-state index contributed by atoms with van der Waals surface area (Å²) in [5.41, 5.74) is 0. The van der Waals surface area contributed by atoms with Gasteiger partial charge in [0, 0.05) is 23.4 Å². The van der Waals surface area contributed by atoms with Crippen molar-refractivity contribution in [3.8, 4) is 0 Å². The lowest BCUT2D eigenvalue weighted by molar-refractivity contribution is 0.0736. The molecule has 0 aliphatic heterocycles. The van der Waals surface area contributed by atoms with Crippen LogP contribution in [0.25, 0.3) is 0 Å². The molecule has 1 aromatic heterocycles. The lowest BCUT2D eigenvalue weighted by Crippen LogP contribution is -2.28. The molecular weight excluding hydrogens is 274 g/mol. The predicted octanol–water partition coefficient (Wildman–Crippen LogP) is 1.31. The zero-order valence-corrected chi connectivity index (χ0v) is 12.5. The van der Waals surface area contributed by atoms with Crippen LogP contribution in [0.2, 0.25) is 0 Å². The van der Waals surface area contributed by atoms with Gasteiger partial charge < -0.3 is 9.47 Å². The van der Waals surface area contributed by atoms with Gasteiger partial charge in [-0.1, -0.05) is 0 Å². The quantitative estimate of drug-likeness (QED) is 0.734. The fourth-order valence-electron chi connectivity index (χ4n) is 1.44. The van der Waals surface area contributed by atoms with Gasteiger partial charge in [0.15, 0.2) is 0 Å². The first-order chi connectivity index (χ1) is 8.47. The molecule has 5 nitrogen and oxygen atoms in total. The Kier molecular flexibility index (Phi) is 6.24. The molecule has 1 aromatic rings. The summed E-state index contributed by atoms with van der Waals surface area (Å²) in [5, 5.41) is 0. The highest BCUT2D eigenvalue weighted by Gasteiger charge is 2.18. The molecule has 0 spiro atoms. The average molecular weight is 293 g/mol. The molecule has 0 saturated heterocycles. The summed E-state index contributed by atoms with van der Waals surface area (Å²) in [6.07, 6.45) is 0. The Labute approximate surface area is 112 Å². The first kappa shape index (κ1) is 15.6. The molecule has 0 atom stereocenters. The number of sulfonamides is 1. The molecule has 7 heteroatoms. The van der Waals surface area contributed by atoms with Crippen molar-refractivity contribution < 1.29 is 17.9 Å². The van der Waals surface area contributed by atoms with Crippen molar-refractivity contribution in [3.05, 3.63) is 15.8 Å². The average Bonchev–Trinajstić information content (AvgIpc) is 2.63. The maximum absolute atomic E-state index is 12.0. The normalized spacial score (nSPS) is 11.9. The number of hydrogen-bond acceptors (Lipinski definition) is 5. The molecule has 104 valence electrons. The van der Waals surface area contributed by atoms with Gasteiger partial charge in [-0.05, 0) is 19.9 Å². The largest absolute Gasteiger partial charge is 0.382 e. The second kappa shape index (κ2) is 7.20. The molecule has 0 radical (unpaired) electrons. The van der Waals surface area contributed by atoms with E-state index in [1.54, 1.807) is 20.1 Å². The van der Waals surface area contributed by atoms with Crippen LogP contribution in [-0.2, 0) is 19.5 Å². The Morgan fingerprint density at radius 2 is 2.00 bits per heavy atom. The van der Waals surface area contributed by atoms with Gasteiger partial charge in [0.05, 0.1) is 24.7 Å². The van der Waals surface area contributed by atoms with E-state index in [1.807, 2.05) is 6.92 Å². The zero-order chi connectivity index (χ0) is 13.6. The monoisotopic (exact) mass is 293 g/mol. The van der Waals surface area contributed by atoms with Crippen LogP contribution in [-0.4, -0.2) is 41.9 Å². The summed E-state index contributed by atoms with van der Waals surface area (Å²) in [6, 6.07) is 1.69. The Hall–Kier alpha value is -0.470. The number of nitrogens with one attached hydrogen (secondary N) is 1. The Bertz CT molecular complexity index is 467. The van der Waals surface area contributed by atoms with Crippen LogP contribution in [0.3, 0.4) is 0 Å². The van der Waals surface area contributed by atoms with Crippen molar-refractivity contribution in [2.75, 3.05) is 33.5 Å². The molecule has 0 amide bonds. The first-order valence-electron chi connectivity index (χ1n) is 5.61. The summed E-state index contributed by atoms with van der Waals surface area (Å²) in [4.78, 5) is 2.16. The van der Waals surface area contributed by atoms with Crippen LogP contribution >= 0.6 is 11.3 Å². The van der Waals surface area contributed by atoms with E-state index >= 15 is 0 Å². The smallest absolute Gasteiger partial charge is 0.241 e. The van der Waals surface area contributed by atoms with Crippen molar-refractivity contribution in [2.24, 2.45) is 0 Å². The summed E-state index contributed by atoms with van der Waals surface area (Å²) < 4.78 is 36.5. The Balaban J connectivity index is 2.43. The molecule has 0 aromatic carbocycles. The third-order valence-electron chi connectivity index (χ3n) is 2.26. The topological polar surface area (TPSA) is 64.6 Å². The van der Waals surface area contributed by atoms with E-state index in [1.165, 1.54) is 11.3 Å². The van der Waals surface area contributed by atoms with E-state index in [0.717, 1.165) is 9.75 Å². The standard InChI is InChI=1S/C11H19NO4S2/c1-9-8-11(10(2)17-9)18(13,14)12-4-5-16-7-6-15-3/h8,12H,4-7H2,1-3H3. The molecule has 0 bridgehead atoms. The van der Waals surface area contributed by atoms with Crippen molar-refractivity contribution in [2.45, 2.75) is 18.7 Å². The number of rotatable bonds is 8. The van der Waals surface area contributed by atoms with Crippen LogP contribution in [0.15, 0.2) is 11.0 Å². The third-order valence-corrected chi connectivity index (χ3v) is 4.94. The van der Waals surface area contributed by atoms with Gasteiger partial charge in [-0.25, -0.2) is 13.1 Å². The van der Waals surface area contributed by atoms with Gasteiger partial charge in [0.25, 0.3) is 0 Å². The van der Waals surface area contributed by atoms with Crippen LogP contribution in [0.5, 0.6) is 0 Å². The van der Waals surface area contributed by atoms with Crippen LogP contribution < -0.4 is 4.72 Å². The summed E-state index contributed by atoms with van der Waals surface area (Å²) in [6.45, 7) is 5.28. The highest BCUT2D eigenvalue weighted by atomic mass is 32.2. The second-order valence-electron chi connectivity index (χ2n) is 3.78.